The maximum atomic E-state index is 10.9. The van der Waals surface area contributed by atoms with Crippen molar-refractivity contribution in [3.8, 4) is 0 Å². The van der Waals surface area contributed by atoms with Crippen molar-refractivity contribution in [2.75, 3.05) is 5.75 Å². The van der Waals surface area contributed by atoms with Gasteiger partial charge in [-0.05, 0) is 36.8 Å². The zero-order valence-electron chi connectivity index (χ0n) is 9.14. The molecule has 88 valence electrons. The molecule has 0 spiro atoms. The molecule has 2 aromatic rings. The summed E-state index contributed by atoms with van der Waals surface area (Å²) < 4.78 is 0. The summed E-state index contributed by atoms with van der Waals surface area (Å²) in [6, 6.07) is 5.00. The van der Waals surface area contributed by atoms with Gasteiger partial charge in [-0.15, -0.1) is 0 Å². The number of H-pyrrole nitrogens is 1. The van der Waals surface area contributed by atoms with E-state index in [2.05, 4.69) is 9.97 Å². The van der Waals surface area contributed by atoms with E-state index < -0.39 is 5.97 Å². The van der Waals surface area contributed by atoms with E-state index in [1.165, 1.54) is 12.2 Å². The van der Waals surface area contributed by atoms with Crippen molar-refractivity contribution >= 4 is 28.8 Å². The van der Waals surface area contributed by atoms with Crippen LogP contribution in [-0.2, 0) is 0 Å². The fraction of sp³-hybridized carbons (Fsp3) is 0.333. The first-order valence-electron chi connectivity index (χ1n) is 5.58. The number of hydrogen-bond acceptors (Lipinski definition) is 3. The lowest BCUT2D eigenvalue weighted by molar-refractivity contribution is 0.0697. The maximum Gasteiger partial charge on any atom is 0.335 e. The largest absolute Gasteiger partial charge is 0.478 e. The fourth-order valence-corrected chi connectivity index (χ4v) is 3.33. The second kappa shape index (κ2) is 4.07. The zero-order chi connectivity index (χ0) is 11.8. The number of imidazole rings is 1. The molecular weight excluding hydrogens is 236 g/mol. The van der Waals surface area contributed by atoms with Crippen LogP contribution < -0.4 is 0 Å². The van der Waals surface area contributed by atoms with Crippen LogP contribution in [-0.4, -0.2) is 26.8 Å². The number of fused-ring (bicyclic) bond motifs is 1. The van der Waals surface area contributed by atoms with Crippen molar-refractivity contribution in [1.29, 1.82) is 0 Å². The number of carbonyl (C=O) groups is 1. The summed E-state index contributed by atoms with van der Waals surface area (Å²) in [7, 11) is 0. The first-order chi connectivity index (χ1) is 8.24. The van der Waals surface area contributed by atoms with Gasteiger partial charge in [-0.3, -0.25) is 0 Å². The van der Waals surface area contributed by atoms with Crippen LogP contribution in [0.1, 0.15) is 34.3 Å². The van der Waals surface area contributed by atoms with Crippen molar-refractivity contribution in [2.45, 2.75) is 18.1 Å². The van der Waals surface area contributed by atoms with Gasteiger partial charge in [0.25, 0.3) is 0 Å². The molecule has 1 aromatic carbocycles. The minimum Gasteiger partial charge on any atom is -0.478 e. The van der Waals surface area contributed by atoms with Crippen molar-refractivity contribution in [3.63, 3.8) is 0 Å². The normalized spacial score (nSPS) is 19.9. The molecule has 1 aliphatic heterocycles. The number of benzene rings is 1. The van der Waals surface area contributed by atoms with Crippen LogP contribution in [0.2, 0.25) is 0 Å². The van der Waals surface area contributed by atoms with Crippen molar-refractivity contribution in [2.24, 2.45) is 0 Å². The third kappa shape index (κ3) is 1.91. The summed E-state index contributed by atoms with van der Waals surface area (Å²) in [4.78, 5) is 18.6. The molecule has 2 N–H and O–H groups in total. The molecule has 1 saturated heterocycles. The van der Waals surface area contributed by atoms with E-state index in [-0.39, 0.29) is 0 Å². The summed E-state index contributed by atoms with van der Waals surface area (Å²) >= 11 is 1.91. The quantitative estimate of drug-likeness (QED) is 0.857. The summed E-state index contributed by atoms with van der Waals surface area (Å²) in [6.45, 7) is 0. The summed E-state index contributed by atoms with van der Waals surface area (Å²) in [5, 5.41) is 9.36. The average molecular weight is 248 g/mol. The standard InChI is InChI=1S/C12H12N2O2S/c15-12(16)7-3-4-8-9(6-7)14-11(13-8)10-2-1-5-17-10/h3-4,6,10H,1-2,5H2,(H,13,14)(H,15,16). The fourth-order valence-electron chi connectivity index (χ4n) is 2.11. The highest BCUT2D eigenvalue weighted by molar-refractivity contribution is 7.99. The first-order valence-corrected chi connectivity index (χ1v) is 6.63. The molecule has 17 heavy (non-hydrogen) atoms. The Morgan fingerprint density at radius 3 is 3.12 bits per heavy atom. The molecule has 1 fully saturated rings. The average Bonchev–Trinajstić information content (AvgIpc) is 2.96. The lowest BCUT2D eigenvalue weighted by Crippen LogP contribution is -1.94. The molecule has 0 saturated carbocycles. The number of carboxylic acid groups (broad SMARTS) is 1. The highest BCUT2D eigenvalue weighted by Gasteiger charge is 2.21. The lowest BCUT2D eigenvalue weighted by atomic mass is 10.2. The van der Waals surface area contributed by atoms with Gasteiger partial charge >= 0.3 is 5.97 Å². The van der Waals surface area contributed by atoms with Crippen LogP contribution in [0, 0.1) is 0 Å². The minimum absolute atomic E-state index is 0.298. The zero-order valence-corrected chi connectivity index (χ0v) is 9.96. The van der Waals surface area contributed by atoms with Crippen LogP contribution in [0.15, 0.2) is 18.2 Å². The van der Waals surface area contributed by atoms with Gasteiger partial charge in [-0.2, -0.15) is 11.8 Å². The Morgan fingerprint density at radius 2 is 2.41 bits per heavy atom. The smallest absolute Gasteiger partial charge is 0.335 e. The highest BCUT2D eigenvalue weighted by Crippen LogP contribution is 2.38. The van der Waals surface area contributed by atoms with Crippen molar-refractivity contribution in [1.82, 2.24) is 9.97 Å². The molecule has 3 rings (SSSR count). The predicted octanol–water partition coefficient (Wildman–Crippen LogP) is 2.83. The number of rotatable bonds is 2. The Bertz CT molecular complexity index is 573. The van der Waals surface area contributed by atoms with Gasteiger partial charge < -0.3 is 10.1 Å². The van der Waals surface area contributed by atoms with Gasteiger partial charge in [-0.25, -0.2) is 9.78 Å². The third-order valence-electron chi connectivity index (χ3n) is 2.98. The van der Waals surface area contributed by atoms with E-state index in [1.807, 2.05) is 11.8 Å². The van der Waals surface area contributed by atoms with Gasteiger partial charge in [0.15, 0.2) is 0 Å². The van der Waals surface area contributed by atoms with Crippen LogP contribution in [0.25, 0.3) is 11.0 Å². The molecule has 1 unspecified atom stereocenters. The van der Waals surface area contributed by atoms with Crippen LogP contribution >= 0.6 is 11.8 Å². The Labute approximate surface area is 102 Å². The monoisotopic (exact) mass is 248 g/mol. The Kier molecular flexibility index (Phi) is 2.55. The Morgan fingerprint density at radius 1 is 1.53 bits per heavy atom. The SMILES string of the molecule is O=C(O)c1ccc2nc(C3CCCS3)[nH]c2c1. The number of nitrogens with zero attached hydrogens (tertiary/aromatic N) is 1. The third-order valence-corrected chi connectivity index (χ3v) is 4.37. The molecule has 1 aliphatic rings. The first kappa shape index (κ1) is 10.7. The topological polar surface area (TPSA) is 66.0 Å². The molecule has 0 amide bonds. The van der Waals surface area contributed by atoms with E-state index in [1.54, 1.807) is 18.2 Å². The number of aromatic carboxylic acids is 1. The highest BCUT2D eigenvalue weighted by atomic mass is 32.2. The van der Waals surface area contributed by atoms with E-state index in [0.29, 0.717) is 10.8 Å². The number of thioether (sulfide) groups is 1. The molecule has 1 aromatic heterocycles. The van der Waals surface area contributed by atoms with E-state index in [0.717, 1.165) is 23.3 Å². The molecule has 0 radical (unpaired) electrons. The van der Waals surface area contributed by atoms with E-state index in [4.69, 9.17) is 5.11 Å². The van der Waals surface area contributed by atoms with E-state index in [9.17, 15) is 4.79 Å². The summed E-state index contributed by atoms with van der Waals surface area (Å²) in [5.74, 6) is 1.26. The Balaban J connectivity index is 2.03. The summed E-state index contributed by atoms with van der Waals surface area (Å²) in [6.07, 6.45) is 2.38. The van der Waals surface area contributed by atoms with Gasteiger partial charge in [-0.1, -0.05) is 0 Å². The predicted molar refractivity (Wildman–Crippen MR) is 67.5 cm³/mol. The second-order valence-corrected chi connectivity index (χ2v) is 5.47. The molecular formula is C12H12N2O2S. The number of aromatic amines is 1. The van der Waals surface area contributed by atoms with Gasteiger partial charge in [0.1, 0.15) is 5.82 Å². The number of hydrogen-bond donors (Lipinski definition) is 2. The molecule has 2 heterocycles. The maximum absolute atomic E-state index is 10.9. The molecule has 0 bridgehead atoms. The van der Waals surface area contributed by atoms with Crippen molar-refractivity contribution in [3.05, 3.63) is 29.6 Å². The van der Waals surface area contributed by atoms with E-state index >= 15 is 0 Å². The van der Waals surface area contributed by atoms with Crippen LogP contribution in [0.4, 0.5) is 0 Å². The van der Waals surface area contributed by atoms with Gasteiger partial charge in [0, 0.05) is 0 Å². The minimum atomic E-state index is -0.904. The molecule has 4 nitrogen and oxygen atoms in total. The second-order valence-electron chi connectivity index (χ2n) is 4.16. The lowest BCUT2D eigenvalue weighted by Gasteiger charge is -2.01. The number of aromatic nitrogens is 2. The summed E-state index contributed by atoms with van der Waals surface area (Å²) in [5.41, 5.74) is 1.96. The van der Waals surface area contributed by atoms with Crippen molar-refractivity contribution < 1.29 is 9.90 Å². The van der Waals surface area contributed by atoms with Gasteiger partial charge in [0.05, 0.1) is 21.8 Å². The molecule has 5 heteroatoms. The van der Waals surface area contributed by atoms with Crippen LogP contribution in [0.5, 0.6) is 0 Å². The molecule has 1 atom stereocenters. The van der Waals surface area contributed by atoms with Gasteiger partial charge in [0.2, 0.25) is 0 Å². The Hall–Kier alpha value is -1.49. The number of carboxylic acids is 1. The van der Waals surface area contributed by atoms with Crippen LogP contribution in [0.3, 0.4) is 0 Å². The number of nitrogens with one attached hydrogen (secondary N) is 1. The molecule has 0 aliphatic carbocycles.